The lowest BCUT2D eigenvalue weighted by Crippen LogP contribution is -2.31. The Morgan fingerprint density at radius 1 is 1.25 bits per heavy atom. The zero-order valence-corrected chi connectivity index (χ0v) is 9.81. The number of ketones is 1. The highest BCUT2D eigenvalue weighted by molar-refractivity contribution is 5.94. The molecule has 84 valence electrons. The molecule has 2 aliphatic rings. The van der Waals surface area contributed by atoms with Crippen LogP contribution in [0.25, 0.3) is 0 Å². The number of carbonyl (C=O) groups excluding carboxylic acids is 1. The summed E-state index contributed by atoms with van der Waals surface area (Å²) in [6, 6.07) is 8.48. The monoisotopic (exact) mass is 215 g/mol. The van der Waals surface area contributed by atoms with Gasteiger partial charge in [0, 0.05) is 18.4 Å². The first-order valence-corrected chi connectivity index (χ1v) is 5.95. The molecule has 2 bridgehead atoms. The van der Waals surface area contributed by atoms with Crippen LogP contribution in [0.2, 0.25) is 0 Å². The predicted molar refractivity (Wildman–Crippen MR) is 63.6 cm³/mol. The highest BCUT2D eigenvalue weighted by Gasteiger charge is 2.49. The molecule has 0 saturated heterocycles. The van der Waals surface area contributed by atoms with Crippen molar-refractivity contribution in [2.24, 2.45) is 5.92 Å². The molecule has 3 atom stereocenters. The standard InChI is InChI=1S/C14H17NO/c1-15(2)8-13-11-7-12(14(13)16)10-6-4-3-5-9(10)11/h3-6,11-13H,7-8H2,1-2H3/t11-,12+,13-/m0/s1. The topological polar surface area (TPSA) is 20.3 Å². The van der Waals surface area contributed by atoms with Crippen LogP contribution < -0.4 is 0 Å². The quantitative estimate of drug-likeness (QED) is 0.752. The summed E-state index contributed by atoms with van der Waals surface area (Å²) >= 11 is 0. The van der Waals surface area contributed by atoms with E-state index in [0.29, 0.717) is 11.7 Å². The Kier molecular flexibility index (Phi) is 2.15. The Morgan fingerprint density at radius 2 is 1.94 bits per heavy atom. The second-order valence-corrected chi connectivity index (χ2v) is 5.29. The van der Waals surface area contributed by atoms with Gasteiger partial charge in [0.15, 0.2) is 0 Å². The molecule has 3 rings (SSSR count). The van der Waals surface area contributed by atoms with Crippen molar-refractivity contribution < 1.29 is 4.79 Å². The van der Waals surface area contributed by atoms with E-state index < -0.39 is 0 Å². The van der Waals surface area contributed by atoms with Gasteiger partial charge in [-0.25, -0.2) is 0 Å². The number of hydrogen-bond acceptors (Lipinski definition) is 2. The average Bonchev–Trinajstić information content (AvgIpc) is 2.77. The summed E-state index contributed by atoms with van der Waals surface area (Å²) in [4.78, 5) is 14.4. The van der Waals surface area contributed by atoms with Crippen LogP contribution in [0.1, 0.15) is 29.4 Å². The van der Waals surface area contributed by atoms with E-state index in [1.807, 2.05) is 20.2 Å². The van der Waals surface area contributed by atoms with Crippen molar-refractivity contribution in [1.29, 1.82) is 0 Å². The van der Waals surface area contributed by atoms with Crippen molar-refractivity contribution in [1.82, 2.24) is 4.90 Å². The highest BCUT2D eigenvalue weighted by Crippen LogP contribution is 2.53. The molecule has 1 saturated carbocycles. The number of Topliss-reactive ketones (excluding diaryl/α,β-unsaturated/α-hetero) is 1. The van der Waals surface area contributed by atoms with Crippen LogP contribution in [0.3, 0.4) is 0 Å². The smallest absolute Gasteiger partial charge is 0.145 e. The SMILES string of the molecule is CN(C)C[C@@H]1C(=O)[C@@H]2C[C@H]1c1ccccc12. The number of benzene rings is 1. The molecule has 0 radical (unpaired) electrons. The first-order valence-electron chi connectivity index (χ1n) is 5.95. The van der Waals surface area contributed by atoms with E-state index in [1.165, 1.54) is 11.1 Å². The third-order valence-electron chi connectivity index (χ3n) is 4.02. The van der Waals surface area contributed by atoms with Crippen LogP contribution in [0.15, 0.2) is 24.3 Å². The summed E-state index contributed by atoms with van der Waals surface area (Å²) in [7, 11) is 4.09. The van der Waals surface area contributed by atoms with E-state index in [2.05, 4.69) is 23.1 Å². The molecule has 0 spiro atoms. The molecule has 16 heavy (non-hydrogen) atoms. The second kappa shape index (κ2) is 3.42. The Labute approximate surface area is 96.3 Å². The molecule has 2 aliphatic carbocycles. The van der Waals surface area contributed by atoms with Crippen LogP contribution in [0.5, 0.6) is 0 Å². The molecule has 1 aromatic rings. The number of fused-ring (bicyclic) bond motifs is 5. The molecular formula is C14H17NO. The average molecular weight is 215 g/mol. The summed E-state index contributed by atoms with van der Waals surface area (Å²) in [6.45, 7) is 0.897. The van der Waals surface area contributed by atoms with Crippen LogP contribution >= 0.6 is 0 Å². The molecule has 0 N–H and O–H groups in total. The van der Waals surface area contributed by atoms with Crippen molar-refractivity contribution in [3.8, 4) is 0 Å². The lowest BCUT2D eigenvalue weighted by atomic mass is 9.82. The molecule has 0 unspecified atom stereocenters. The zero-order valence-electron chi connectivity index (χ0n) is 9.81. The highest BCUT2D eigenvalue weighted by atomic mass is 16.1. The van der Waals surface area contributed by atoms with Gasteiger partial charge in [-0.3, -0.25) is 4.79 Å². The van der Waals surface area contributed by atoms with Crippen LogP contribution in [0, 0.1) is 5.92 Å². The van der Waals surface area contributed by atoms with E-state index in [9.17, 15) is 4.79 Å². The fourth-order valence-corrected chi connectivity index (χ4v) is 3.39. The van der Waals surface area contributed by atoms with Gasteiger partial charge in [0.05, 0.1) is 0 Å². The minimum atomic E-state index is 0.200. The second-order valence-electron chi connectivity index (χ2n) is 5.29. The lowest BCUT2D eigenvalue weighted by molar-refractivity contribution is -0.122. The van der Waals surface area contributed by atoms with Gasteiger partial charge in [-0.15, -0.1) is 0 Å². The summed E-state index contributed by atoms with van der Waals surface area (Å²) in [6.07, 6.45) is 1.05. The maximum atomic E-state index is 12.2. The molecular weight excluding hydrogens is 198 g/mol. The molecule has 1 aromatic carbocycles. The Morgan fingerprint density at radius 3 is 2.62 bits per heavy atom. The fourth-order valence-electron chi connectivity index (χ4n) is 3.39. The van der Waals surface area contributed by atoms with Crippen molar-refractivity contribution in [3.05, 3.63) is 35.4 Å². The summed E-state index contributed by atoms with van der Waals surface area (Å²) in [5, 5.41) is 0. The van der Waals surface area contributed by atoms with Crippen LogP contribution in [-0.4, -0.2) is 31.3 Å². The number of nitrogens with zero attached hydrogens (tertiary/aromatic N) is 1. The lowest BCUT2D eigenvalue weighted by Gasteiger charge is -2.25. The molecule has 0 aromatic heterocycles. The van der Waals surface area contributed by atoms with E-state index in [0.717, 1.165) is 13.0 Å². The Balaban J connectivity index is 1.98. The number of hydrogen-bond donors (Lipinski definition) is 0. The normalized spacial score (nSPS) is 31.2. The van der Waals surface area contributed by atoms with Crippen molar-refractivity contribution >= 4 is 5.78 Å². The van der Waals surface area contributed by atoms with Gasteiger partial charge in [-0.2, -0.15) is 0 Å². The Hall–Kier alpha value is -1.15. The van der Waals surface area contributed by atoms with E-state index in [4.69, 9.17) is 0 Å². The number of rotatable bonds is 2. The summed E-state index contributed by atoms with van der Waals surface area (Å²) in [5.74, 6) is 1.38. The Bertz CT molecular complexity index is 438. The van der Waals surface area contributed by atoms with Crippen LogP contribution in [0.4, 0.5) is 0 Å². The maximum absolute atomic E-state index is 12.2. The molecule has 2 heteroatoms. The van der Waals surface area contributed by atoms with E-state index in [1.54, 1.807) is 0 Å². The zero-order chi connectivity index (χ0) is 11.3. The van der Waals surface area contributed by atoms with Crippen molar-refractivity contribution in [3.63, 3.8) is 0 Å². The van der Waals surface area contributed by atoms with Gasteiger partial charge < -0.3 is 4.90 Å². The molecule has 1 fully saturated rings. The van der Waals surface area contributed by atoms with Crippen LogP contribution in [-0.2, 0) is 4.79 Å². The largest absolute Gasteiger partial charge is 0.309 e. The maximum Gasteiger partial charge on any atom is 0.145 e. The molecule has 2 nitrogen and oxygen atoms in total. The predicted octanol–water partition coefficient (Wildman–Crippen LogP) is 2.02. The molecule has 0 amide bonds. The fraction of sp³-hybridized carbons (Fsp3) is 0.500. The van der Waals surface area contributed by atoms with Gasteiger partial charge in [-0.1, -0.05) is 24.3 Å². The van der Waals surface area contributed by atoms with Gasteiger partial charge in [0.1, 0.15) is 5.78 Å². The first-order chi connectivity index (χ1) is 7.68. The van der Waals surface area contributed by atoms with Gasteiger partial charge in [-0.05, 0) is 37.6 Å². The van der Waals surface area contributed by atoms with E-state index in [-0.39, 0.29) is 11.8 Å². The van der Waals surface area contributed by atoms with Gasteiger partial charge in [0.25, 0.3) is 0 Å². The summed E-state index contributed by atoms with van der Waals surface area (Å²) in [5.41, 5.74) is 2.73. The van der Waals surface area contributed by atoms with E-state index >= 15 is 0 Å². The summed E-state index contributed by atoms with van der Waals surface area (Å²) < 4.78 is 0. The molecule has 0 heterocycles. The van der Waals surface area contributed by atoms with Gasteiger partial charge in [0.2, 0.25) is 0 Å². The number of carbonyl (C=O) groups is 1. The minimum Gasteiger partial charge on any atom is -0.309 e. The van der Waals surface area contributed by atoms with Crippen molar-refractivity contribution in [2.45, 2.75) is 18.3 Å². The van der Waals surface area contributed by atoms with Gasteiger partial charge >= 0.3 is 0 Å². The molecule has 0 aliphatic heterocycles. The third kappa shape index (κ3) is 1.26. The minimum absolute atomic E-state index is 0.200. The third-order valence-corrected chi connectivity index (χ3v) is 4.02. The first kappa shape index (κ1) is 10.0. The van der Waals surface area contributed by atoms with Crippen molar-refractivity contribution in [2.75, 3.05) is 20.6 Å².